The van der Waals surface area contributed by atoms with Crippen LogP contribution < -0.4 is 5.32 Å². The summed E-state index contributed by atoms with van der Waals surface area (Å²) in [6.07, 6.45) is 2.91. The minimum absolute atomic E-state index is 0.0333. The average Bonchev–Trinajstić information content (AvgIpc) is 2.61. The number of hydrogen-bond acceptors (Lipinski definition) is 4. The van der Waals surface area contributed by atoms with Gasteiger partial charge in [0.2, 0.25) is 11.8 Å². The van der Waals surface area contributed by atoms with E-state index in [9.17, 15) is 14.4 Å². The van der Waals surface area contributed by atoms with Gasteiger partial charge in [-0.1, -0.05) is 13.8 Å². The summed E-state index contributed by atoms with van der Waals surface area (Å²) in [4.78, 5) is 39.9. The second-order valence-corrected chi connectivity index (χ2v) is 7.25. The van der Waals surface area contributed by atoms with Gasteiger partial charge < -0.3 is 19.9 Å². The molecule has 0 aromatic rings. The van der Waals surface area contributed by atoms with Crippen molar-refractivity contribution < 1.29 is 19.1 Å². The van der Waals surface area contributed by atoms with Crippen LogP contribution in [0.4, 0.5) is 4.79 Å². The molecule has 0 unspecified atom stereocenters. The lowest BCUT2D eigenvalue weighted by Gasteiger charge is -2.35. The molecule has 2 heterocycles. The first-order chi connectivity index (χ1) is 11.9. The molecule has 1 atom stereocenters. The maximum atomic E-state index is 12.6. The molecular formula is C18H31N3O4. The van der Waals surface area contributed by atoms with E-state index >= 15 is 0 Å². The van der Waals surface area contributed by atoms with Gasteiger partial charge in [-0.3, -0.25) is 9.59 Å². The molecule has 7 nitrogen and oxygen atoms in total. The van der Waals surface area contributed by atoms with E-state index in [1.165, 1.54) is 0 Å². The van der Waals surface area contributed by atoms with E-state index in [0.29, 0.717) is 26.2 Å². The topological polar surface area (TPSA) is 79.0 Å². The minimum atomic E-state index is -0.276. The number of hydrogen-bond donors (Lipinski definition) is 1. The van der Waals surface area contributed by atoms with E-state index < -0.39 is 0 Å². The summed E-state index contributed by atoms with van der Waals surface area (Å²) in [6.45, 7) is 8.43. The fraction of sp³-hybridized carbons (Fsp3) is 0.833. The Morgan fingerprint density at radius 2 is 1.76 bits per heavy atom. The zero-order valence-electron chi connectivity index (χ0n) is 15.6. The van der Waals surface area contributed by atoms with Gasteiger partial charge in [-0.15, -0.1) is 0 Å². The third kappa shape index (κ3) is 5.34. The standard InChI is InChI=1S/C18H31N3O4/c1-4-25-18(24)20-10-7-15(8-11-20)19-16(22)14-6-5-9-21(12-14)17(23)13(2)3/h13-15H,4-12H2,1-3H3,(H,19,22)/t14-/m0/s1. The van der Waals surface area contributed by atoms with Crippen LogP contribution in [-0.2, 0) is 14.3 Å². The Balaban J connectivity index is 1.78. The van der Waals surface area contributed by atoms with Crippen LogP contribution in [0.15, 0.2) is 0 Å². The Kier molecular flexibility index (Phi) is 7.08. The van der Waals surface area contributed by atoms with Crippen LogP contribution in [0.2, 0.25) is 0 Å². The molecule has 1 N–H and O–H groups in total. The van der Waals surface area contributed by atoms with Crippen molar-refractivity contribution in [3.8, 4) is 0 Å². The van der Waals surface area contributed by atoms with E-state index in [0.717, 1.165) is 32.2 Å². The Morgan fingerprint density at radius 3 is 2.36 bits per heavy atom. The zero-order chi connectivity index (χ0) is 18.4. The number of carbonyl (C=O) groups excluding carboxylic acids is 3. The fourth-order valence-corrected chi connectivity index (χ4v) is 3.50. The quantitative estimate of drug-likeness (QED) is 0.833. The van der Waals surface area contributed by atoms with E-state index in [2.05, 4.69) is 5.32 Å². The van der Waals surface area contributed by atoms with Crippen molar-refractivity contribution in [1.82, 2.24) is 15.1 Å². The number of ether oxygens (including phenoxy) is 1. The van der Waals surface area contributed by atoms with Gasteiger partial charge in [-0.05, 0) is 32.6 Å². The maximum Gasteiger partial charge on any atom is 0.409 e. The third-order valence-electron chi connectivity index (χ3n) is 4.97. The molecule has 0 saturated carbocycles. The smallest absolute Gasteiger partial charge is 0.409 e. The molecule has 0 aromatic carbocycles. The third-order valence-corrected chi connectivity index (χ3v) is 4.97. The lowest BCUT2D eigenvalue weighted by atomic mass is 9.95. The van der Waals surface area contributed by atoms with Crippen molar-refractivity contribution in [3.63, 3.8) is 0 Å². The lowest BCUT2D eigenvalue weighted by Crippen LogP contribution is -2.51. The molecule has 7 heteroatoms. The number of nitrogens with zero attached hydrogens (tertiary/aromatic N) is 2. The monoisotopic (exact) mass is 353 g/mol. The van der Waals surface area contributed by atoms with E-state index in [4.69, 9.17) is 4.74 Å². The SMILES string of the molecule is CCOC(=O)N1CCC(NC(=O)[C@H]2CCCN(C(=O)C(C)C)C2)CC1. The van der Waals surface area contributed by atoms with Gasteiger partial charge in [-0.25, -0.2) is 4.79 Å². The van der Waals surface area contributed by atoms with Crippen LogP contribution in [0, 0.1) is 11.8 Å². The van der Waals surface area contributed by atoms with E-state index in [1.54, 1.807) is 11.8 Å². The van der Waals surface area contributed by atoms with Crippen LogP contribution in [0.1, 0.15) is 46.5 Å². The van der Waals surface area contributed by atoms with Gasteiger partial charge in [0.05, 0.1) is 12.5 Å². The molecule has 0 bridgehead atoms. The molecule has 2 fully saturated rings. The predicted molar refractivity (Wildman–Crippen MR) is 93.9 cm³/mol. The summed E-state index contributed by atoms with van der Waals surface area (Å²) in [5.41, 5.74) is 0. The molecule has 2 saturated heterocycles. The number of nitrogens with one attached hydrogen (secondary N) is 1. The van der Waals surface area contributed by atoms with Crippen LogP contribution in [0.5, 0.6) is 0 Å². The van der Waals surface area contributed by atoms with Crippen LogP contribution in [-0.4, -0.2) is 66.5 Å². The Hall–Kier alpha value is -1.79. The van der Waals surface area contributed by atoms with Gasteiger partial charge >= 0.3 is 6.09 Å². The predicted octanol–water partition coefficient (Wildman–Crippen LogP) is 1.62. The van der Waals surface area contributed by atoms with Crippen molar-refractivity contribution in [3.05, 3.63) is 0 Å². The molecule has 2 rings (SSSR count). The highest BCUT2D eigenvalue weighted by Gasteiger charge is 2.31. The van der Waals surface area contributed by atoms with Gasteiger partial charge in [0.25, 0.3) is 0 Å². The van der Waals surface area contributed by atoms with Crippen molar-refractivity contribution in [1.29, 1.82) is 0 Å². The molecule has 2 aliphatic heterocycles. The molecule has 0 radical (unpaired) electrons. The van der Waals surface area contributed by atoms with Crippen LogP contribution in [0.25, 0.3) is 0 Å². The first-order valence-corrected chi connectivity index (χ1v) is 9.43. The van der Waals surface area contributed by atoms with Crippen molar-refractivity contribution in [2.75, 3.05) is 32.8 Å². The van der Waals surface area contributed by atoms with Gasteiger partial charge in [0.1, 0.15) is 0 Å². The second kappa shape index (κ2) is 9.06. The summed E-state index contributed by atoms with van der Waals surface area (Å²) < 4.78 is 5.01. The average molecular weight is 353 g/mol. The van der Waals surface area contributed by atoms with Crippen LogP contribution in [0.3, 0.4) is 0 Å². The fourth-order valence-electron chi connectivity index (χ4n) is 3.50. The number of likely N-dealkylation sites (tertiary alicyclic amines) is 2. The Labute approximate surface area is 150 Å². The first-order valence-electron chi connectivity index (χ1n) is 9.43. The second-order valence-electron chi connectivity index (χ2n) is 7.25. The lowest BCUT2D eigenvalue weighted by molar-refractivity contribution is -0.138. The molecule has 0 aliphatic carbocycles. The van der Waals surface area contributed by atoms with Crippen LogP contribution >= 0.6 is 0 Å². The largest absolute Gasteiger partial charge is 0.450 e. The summed E-state index contributed by atoms with van der Waals surface area (Å²) in [5, 5.41) is 3.11. The molecule has 0 spiro atoms. The van der Waals surface area contributed by atoms with E-state index in [-0.39, 0.29) is 35.8 Å². The Bertz CT molecular complexity index is 487. The van der Waals surface area contributed by atoms with Crippen molar-refractivity contribution >= 4 is 17.9 Å². The van der Waals surface area contributed by atoms with Crippen molar-refractivity contribution in [2.45, 2.75) is 52.5 Å². The molecular weight excluding hydrogens is 322 g/mol. The zero-order valence-corrected chi connectivity index (χ0v) is 15.6. The normalized spacial score (nSPS) is 22.0. The highest BCUT2D eigenvalue weighted by Crippen LogP contribution is 2.20. The number of rotatable bonds is 4. The van der Waals surface area contributed by atoms with Crippen molar-refractivity contribution in [2.24, 2.45) is 11.8 Å². The molecule has 0 aromatic heterocycles. The Morgan fingerprint density at radius 1 is 1.08 bits per heavy atom. The molecule has 142 valence electrons. The number of carbonyl (C=O) groups is 3. The summed E-state index contributed by atoms with van der Waals surface area (Å²) >= 11 is 0. The molecule has 3 amide bonds. The maximum absolute atomic E-state index is 12.6. The molecule has 25 heavy (non-hydrogen) atoms. The summed E-state index contributed by atoms with van der Waals surface area (Å²) in [6, 6.07) is 0.0920. The highest BCUT2D eigenvalue weighted by atomic mass is 16.6. The number of piperidine rings is 2. The van der Waals surface area contributed by atoms with Gasteiger partial charge in [0.15, 0.2) is 0 Å². The first kappa shape index (κ1) is 19.5. The summed E-state index contributed by atoms with van der Waals surface area (Å²) in [7, 11) is 0. The number of amides is 3. The highest BCUT2D eigenvalue weighted by molar-refractivity contribution is 5.82. The van der Waals surface area contributed by atoms with Gasteiger partial charge in [-0.2, -0.15) is 0 Å². The minimum Gasteiger partial charge on any atom is -0.450 e. The molecule has 2 aliphatic rings. The van der Waals surface area contributed by atoms with E-state index in [1.807, 2.05) is 18.7 Å². The van der Waals surface area contributed by atoms with Gasteiger partial charge in [0, 0.05) is 38.1 Å². The summed E-state index contributed by atoms with van der Waals surface area (Å²) in [5.74, 6) is 0.00429.